The number of fused-ring (bicyclic) bond motifs is 1. The van der Waals surface area contributed by atoms with Crippen molar-refractivity contribution in [2.24, 2.45) is 0 Å². The first kappa shape index (κ1) is 24.0. The molecule has 1 unspecified atom stereocenters. The molecule has 1 amide bonds. The lowest BCUT2D eigenvalue weighted by Crippen LogP contribution is -2.49. The highest BCUT2D eigenvalue weighted by molar-refractivity contribution is 5.96. The second kappa shape index (κ2) is 9.97. The van der Waals surface area contributed by atoms with Crippen molar-refractivity contribution in [3.8, 4) is 0 Å². The highest BCUT2D eigenvalue weighted by atomic mass is 16.2. The highest BCUT2D eigenvalue weighted by Gasteiger charge is 2.25. The molecule has 0 aliphatic carbocycles. The lowest BCUT2D eigenvalue weighted by molar-refractivity contribution is -0.122. The van der Waals surface area contributed by atoms with Gasteiger partial charge in [0.05, 0.1) is 34.5 Å². The molecule has 1 fully saturated rings. The van der Waals surface area contributed by atoms with Gasteiger partial charge in [-0.3, -0.25) is 14.7 Å². The van der Waals surface area contributed by atoms with Crippen molar-refractivity contribution in [1.29, 1.82) is 0 Å². The maximum absolute atomic E-state index is 13.5. The second-order valence-electron chi connectivity index (χ2n) is 9.44. The molecule has 0 bridgehead atoms. The number of carbonyl (C=O) groups excluding carboxylic acids is 1. The minimum Gasteiger partial charge on any atom is -0.367 e. The van der Waals surface area contributed by atoms with Gasteiger partial charge in [0, 0.05) is 43.6 Å². The molecule has 4 rings (SSSR count). The molecule has 1 atom stereocenters. The van der Waals surface area contributed by atoms with E-state index >= 15 is 0 Å². The Hall–Kier alpha value is -3.19. The van der Waals surface area contributed by atoms with Gasteiger partial charge < -0.3 is 9.80 Å². The third kappa shape index (κ3) is 4.99. The van der Waals surface area contributed by atoms with E-state index in [9.17, 15) is 4.79 Å². The van der Waals surface area contributed by atoms with Crippen LogP contribution in [0.1, 0.15) is 50.7 Å². The number of allylic oxidation sites excluding steroid dienone is 4. The number of piperazine rings is 1. The standard InChI is InChI=1S/C27H36N6O/c1-7-8-9-23-10-11-24(31-13-12-30(6)21(4)17-31)18-32(23)27(34)14-19(2)25-15-26-22(5)28-20(3)16-33(26)29-25/h9-11,14-16,18,21H,7-8,12-13,17H2,1-6H3. The van der Waals surface area contributed by atoms with Gasteiger partial charge in [0.2, 0.25) is 0 Å². The molecule has 180 valence electrons. The highest BCUT2D eigenvalue weighted by Crippen LogP contribution is 2.24. The van der Waals surface area contributed by atoms with E-state index in [-0.39, 0.29) is 5.91 Å². The molecule has 0 saturated carbocycles. The molecule has 2 aromatic heterocycles. The Morgan fingerprint density at radius 1 is 1.24 bits per heavy atom. The first-order chi connectivity index (χ1) is 16.3. The van der Waals surface area contributed by atoms with Gasteiger partial charge in [0.1, 0.15) is 0 Å². The zero-order valence-electron chi connectivity index (χ0n) is 21.2. The van der Waals surface area contributed by atoms with Crippen LogP contribution < -0.4 is 0 Å². The molecule has 2 aromatic rings. The molecule has 4 heterocycles. The molecule has 34 heavy (non-hydrogen) atoms. The van der Waals surface area contributed by atoms with Gasteiger partial charge in [-0.15, -0.1) is 0 Å². The summed E-state index contributed by atoms with van der Waals surface area (Å²) in [6, 6.07) is 2.47. The van der Waals surface area contributed by atoms with Gasteiger partial charge in [-0.25, -0.2) is 4.52 Å². The third-order valence-corrected chi connectivity index (χ3v) is 6.67. The Labute approximate surface area is 202 Å². The zero-order chi connectivity index (χ0) is 24.4. The summed E-state index contributed by atoms with van der Waals surface area (Å²) in [5, 5.41) is 4.69. The molecule has 2 aliphatic rings. The number of nitrogens with zero attached hydrogens (tertiary/aromatic N) is 6. The minimum absolute atomic E-state index is 0.0630. The van der Waals surface area contributed by atoms with E-state index in [4.69, 9.17) is 0 Å². The summed E-state index contributed by atoms with van der Waals surface area (Å²) in [6.45, 7) is 13.2. The van der Waals surface area contributed by atoms with Crippen molar-refractivity contribution >= 4 is 17.0 Å². The van der Waals surface area contributed by atoms with E-state index in [1.165, 1.54) is 0 Å². The largest absolute Gasteiger partial charge is 0.367 e. The minimum atomic E-state index is -0.0630. The smallest absolute Gasteiger partial charge is 0.255 e. The molecule has 0 radical (unpaired) electrons. The van der Waals surface area contributed by atoms with Gasteiger partial charge >= 0.3 is 0 Å². The summed E-state index contributed by atoms with van der Waals surface area (Å²) < 4.78 is 1.84. The van der Waals surface area contributed by atoms with E-state index in [1.54, 1.807) is 11.0 Å². The number of aryl methyl sites for hydroxylation is 2. The van der Waals surface area contributed by atoms with Crippen molar-refractivity contribution in [1.82, 2.24) is 29.3 Å². The Balaban J connectivity index is 1.62. The SMILES string of the molecule is CCCC=C1C=CC(N2CCN(C)C(C)C2)=CN1C(=O)C=C(C)c1cc2c(C)nc(C)cn2n1. The molecule has 0 aromatic carbocycles. The summed E-state index contributed by atoms with van der Waals surface area (Å²) in [4.78, 5) is 24.5. The van der Waals surface area contributed by atoms with Gasteiger partial charge in [-0.1, -0.05) is 19.4 Å². The monoisotopic (exact) mass is 460 g/mol. The Kier molecular flexibility index (Phi) is 7.03. The number of likely N-dealkylation sites (N-methyl/N-ethyl adjacent to an activating group) is 1. The van der Waals surface area contributed by atoms with Crippen molar-refractivity contribution in [2.75, 3.05) is 26.7 Å². The van der Waals surface area contributed by atoms with Gasteiger partial charge in [-0.2, -0.15) is 5.10 Å². The van der Waals surface area contributed by atoms with Crippen LogP contribution in [-0.2, 0) is 4.79 Å². The molecular weight excluding hydrogens is 424 g/mol. The van der Waals surface area contributed by atoms with Crippen molar-refractivity contribution in [3.05, 3.63) is 71.2 Å². The van der Waals surface area contributed by atoms with E-state index in [2.05, 4.69) is 59.0 Å². The normalized spacial score (nSPS) is 21.0. The summed E-state index contributed by atoms with van der Waals surface area (Å²) in [5.74, 6) is -0.0630. The molecule has 1 saturated heterocycles. The summed E-state index contributed by atoms with van der Waals surface area (Å²) in [5.41, 5.74) is 6.42. The number of amides is 1. The van der Waals surface area contributed by atoms with Gasteiger partial charge in [-0.05, 0) is 65.0 Å². The number of carbonyl (C=O) groups is 1. The van der Waals surface area contributed by atoms with Gasteiger partial charge in [0.25, 0.3) is 5.91 Å². The molecule has 0 N–H and O–H groups in total. The number of aromatic nitrogens is 3. The first-order valence-corrected chi connectivity index (χ1v) is 12.2. The number of unbranched alkanes of at least 4 members (excludes halogenated alkanes) is 1. The summed E-state index contributed by atoms with van der Waals surface area (Å²) in [7, 11) is 2.17. The first-order valence-electron chi connectivity index (χ1n) is 12.2. The maximum atomic E-state index is 13.5. The van der Waals surface area contributed by atoms with Crippen LogP contribution in [0.4, 0.5) is 0 Å². The fourth-order valence-electron chi connectivity index (χ4n) is 4.43. The lowest BCUT2D eigenvalue weighted by atomic mass is 10.1. The van der Waals surface area contributed by atoms with Crippen LogP contribution in [0.3, 0.4) is 0 Å². The van der Waals surface area contributed by atoms with Crippen molar-refractivity contribution in [2.45, 2.75) is 53.5 Å². The quantitative estimate of drug-likeness (QED) is 0.623. The average molecular weight is 461 g/mol. The number of rotatable bonds is 5. The average Bonchev–Trinajstić information content (AvgIpc) is 3.24. The van der Waals surface area contributed by atoms with Crippen molar-refractivity contribution in [3.63, 3.8) is 0 Å². The number of hydrogen-bond acceptors (Lipinski definition) is 5. The molecule has 7 nitrogen and oxygen atoms in total. The predicted molar refractivity (Wildman–Crippen MR) is 137 cm³/mol. The lowest BCUT2D eigenvalue weighted by Gasteiger charge is -2.40. The Morgan fingerprint density at radius 3 is 2.76 bits per heavy atom. The fraction of sp³-hybridized carbons (Fsp3) is 0.444. The van der Waals surface area contributed by atoms with Crippen LogP contribution in [0.5, 0.6) is 0 Å². The van der Waals surface area contributed by atoms with Gasteiger partial charge in [0.15, 0.2) is 0 Å². The molecular formula is C27H36N6O. The summed E-state index contributed by atoms with van der Waals surface area (Å²) >= 11 is 0. The van der Waals surface area contributed by atoms with Crippen LogP contribution >= 0.6 is 0 Å². The molecule has 0 spiro atoms. The van der Waals surface area contributed by atoms with E-state index in [1.807, 2.05) is 43.7 Å². The summed E-state index contributed by atoms with van der Waals surface area (Å²) in [6.07, 6.45) is 13.9. The second-order valence-corrected chi connectivity index (χ2v) is 9.44. The van der Waals surface area contributed by atoms with Crippen molar-refractivity contribution < 1.29 is 4.79 Å². The van der Waals surface area contributed by atoms with Crippen LogP contribution in [0.15, 0.2) is 54.2 Å². The van der Waals surface area contributed by atoms with Crippen LogP contribution in [0, 0.1) is 13.8 Å². The topological polar surface area (TPSA) is 57.0 Å². The fourth-order valence-corrected chi connectivity index (χ4v) is 4.43. The van der Waals surface area contributed by atoms with E-state index in [0.717, 1.165) is 72.0 Å². The third-order valence-electron chi connectivity index (χ3n) is 6.67. The van der Waals surface area contributed by atoms with E-state index in [0.29, 0.717) is 6.04 Å². The molecule has 2 aliphatic heterocycles. The predicted octanol–water partition coefficient (Wildman–Crippen LogP) is 4.31. The van der Waals surface area contributed by atoms with E-state index < -0.39 is 0 Å². The number of hydrogen-bond donors (Lipinski definition) is 0. The zero-order valence-corrected chi connectivity index (χ0v) is 21.2. The van der Waals surface area contributed by atoms with Crippen LogP contribution in [-0.4, -0.2) is 67.9 Å². The van der Waals surface area contributed by atoms with Crippen LogP contribution in [0.2, 0.25) is 0 Å². The molecule has 7 heteroatoms. The Bertz CT molecular complexity index is 1200. The maximum Gasteiger partial charge on any atom is 0.255 e. The van der Waals surface area contributed by atoms with Crippen LogP contribution in [0.25, 0.3) is 11.1 Å². The Morgan fingerprint density at radius 2 is 2.03 bits per heavy atom.